The number of amides is 1. The van der Waals surface area contributed by atoms with Gasteiger partial charge in [0.25, 0.3) is 5.97 Å². The molecule has 0 bridgehead atoms. The fourth-order valence-electron chi connectivity index (χ4n) is 4.14. The number of carboxylic acids is 1. The van der Waals surface area contributed by atoms with Crippen LogP contribution in [-0.2, 0) is 20.7 Å². The SMILES string of the molecule is CC(=O)O.CCCO[C@H]1C[C@@H](c2nc(CC(N)=O)nn2-c2nccc3ccccc23)CC[C@@H]1N. The number of fused-ring (bicyclic) bond motifs is 1. The van der Waals surface area contributed by atoms with Crippen molar-refractivity contribution in [1.29, 1.82) is 0 Å². The van der Waals surface area contributed by atoms with Crippen LogP contribution in [0.1, 0.15) is 57.1 Å². The standard InChI is InChI=1S/C22H28N6O2.C2H4O2/c1-2-11-30-18-12-15(7-8-17(18)23)21-26-20(13-19(24)29)27-28(21)22-16-6-4-3-5-14(16)9-10-25-22;1-2(3)4/h3-6,9-10,15,17-18H,2,7-8,11-13,23H2,1H3,(H2,24,29);1H3,(H,3,4)/t15-,17-,18-;/m0./s1. The Balaban J connectivity index is 0.000000751. The fraction of sp³-hybridized carbons (Fsp3) is 0.458. The summed E-state index contributed by atoms with van der Waals surface area (Å²) in [6.45, 7) is 3.86. The second kappa shape index (κ2) is 11.7. The normalized spacial score (nSPS) is 19.9. The maximum absolute atomic E-state index is 11.5. The Labute approximate surface area is 198 Å². The van der Waals surface area contributed by atoms with Gasteiger partial charge >= 0.3 is 0 Å². The lowest BCUT2D eigenvalue weighted by molar-refractivity contribution is -0.134. The highest BCUT2D eigenvalue weighted by atomic mass is 16.5. The van der Waals surface area contributed by atoms with Crippen LogP contribution in [0.5, 0.6) is 0 Å². The zero-order valence-electron chi connectivity index (χ0n) is 19.6. The van der Waals surface area contributed by atoms with Gasteiger partial charge in [0.1, 0.15) is 5.82 Å². The molecule has 0 radical (unpaired) electrons. The number of aromatic nitrogens is 4. The Morgan fingerprint density at radius 2 is 1.97 bits per heavy atom. The number of hydrogen-bond acceptors (Lipinski definition) is 7. The summed E-state index contributed by atoms with van der Waals surface area (Å²) in [7, 11) is 0. The summed E-state index contributed by atoms with van der Waals surface area (Å²) in [5.41, 5.74) is 11.7. The van der Waals surface area contributed by atoms with Crippen LogP contribution >= 0.6 is 0 Å². The van der Waals surface area contributed by atoms with E-state index in [2.05, 4.69) is 17.0 Å². The molecule has 1 aliphatic rings. The molecule has 1 aromatic carbocycles. The van der Waals surface area contributed by atoms with Gasteiger partial charge in [-0.15, -0.1) is 5.10 Å². The molecule has 10 heteroatoms. The van der Waals surface area contributed by atoms with Crippen molar-refractivity contribution in [2.75, 3.05) is 6.61 Å². The third kappa shape index (κ3) is 6.36. The van der Waals surface area contributed by atoms with E-state index in [1.54, 1.807) is 10.9 Å². The van der Waals surface area contributed by atoms with Gasteiger partial charge in [-0.2, -0.15) is 4.68 Å². The van der Waals surface area contributed by atoms with E-state index in [1.807, 2.05) is 30.3 Å². The molecule has 3 atom stereocenters. The Kier molecular flexibility index (Phi) is 8.67. The molecule has 5 N–H and O–H groups in total. The van der Waals surface area contributed by atoms with Crippen LogP contribution in [0, 0.1) is 0 Å². The number of carbonyl (C=O) groups is 2. The lowest BCUT2D eigenvalue weighted by Gasteiger charge is -2.33. The van der Waals surface area contributed by atoms with Crippen LogP contribution in [-0.4, -0.2) is 55.5 Å². The lowest BCUT2D eigenvalue weighted by atomic mass is 9.83. The smallest absolute Gasteiger partial charge is 0.300 e. The number of aliphatic carboxylic acids is 1. The monoisotopic (exact) mass is 468 g/mol. The average Bonchev–Trinajstić information content (AvgIpc) is 3.20. The third-order valence-corrected chi connectivity index (χ3v) is 5.61. The molecule has 0 unspecified atom stereocenters. The van der Waals surface area contributed by atoms with E-state index in [9.17, 15) is 4.79 Å². The maximum atomic E-state index is 11.5. The molecular weight excluding hydrogens is 436 g/mol. The second-order valence-electron chi connectivity index (χ2n) is 8.40. The lowest BCUT2D eigenvalue weighted by Crippen LogP contribution is -2.42. The van der Waals surface area contributed by atoms with Gasteiger partial charge in [0.2, 0.25) is 5.91 Å². The first-order valence-electron chi connectivity index (χ1n) is 11.4. The Morgan fingerprint density at radius 1 is 1.24 bits per heavy atom. The number of nitrogens with two attached hydrogens (primary N) is 2. The summed E-state index contributed by atoms with van der Waals surface area (Å²) in [6.07, 6.45) is 5.18. The number of carbonyl (C=O) groups excluding carboxylic acids is 1. The van der Waals surface area contributed by atoms with Gasteiger partial charge in [-0.1, -0.05) is 31.2 Å². The van der Waals surface area contributed by atoms with Gasteiger partial charge in [-0.05, 0) is 37.1 Å². The molecule has 0 saturated heterocycles. The molecule has 3 aromatic rings. The highest BCUT2D eigenvalue weighted by Crippen LogP contribution is 2.34. The molecule has 1 amide bonds. The van der Waals surface area contributed by atoms with Gasteiger partial charge in [0.15, 0.2) is 11.6 Å². The minimum Gasteiger partial charge on any atom is -0.481 e. The van der Waals surface area contributed by atoms with E-state index in [4.69, 9.17) is 31.1 Å². The molecule has 4 rings (SSSR count). The minimum atomic E-state index is -0.833. The number of rotatable bonds is 7. The number of ether oxygens (including phenoxy) is 1. The maximum Gasteiger partial charge on any atom is 0.300 e. The zero-order chi connectivity index (χ0) is 24.7. The summed E-state index contributed by atoms with van der Waals surface area (Å²) in [6, 6.07) is 10.0. The van der Waals surface area contributed by atoms with E-state index < -0.39 is 11.9 Å². The van der Waals surface area contributed by atoms with E-state index >= 15 is 0 Å². The van der Waals surface area contributed by atoms with Crippen LogP contribution in [0.3, 0.4) is 0 Å². The van der Waals surface area contributed by atoms with Crippen molar-refractivity contribution in [3.63, 3.8) is 0 Å². The van der Waals surface area contributed by atoms with Crippen molar-refractivity contribution < 1.29 is 19.4 Å². The van der Waals surface area contributed by atoms with Crippen molar-refractivity contribution in [2.24, 2.45) is 11.5 Å². The summed E-state index contributed by atoms with van der Waals surface area (Å²) in [4.78, 5) is 29.8. The molecule has 0 aliphatic heterocycles. The number of primary amides is 1. The Hall–Kier alpha value is -3.37. The number of hydrogen-bond donors (Lipinski definition) is 3. The average molecular weight is 469 g/mol. The van der Waals surface area contributed by atoms with Crippen LogP contribution in [0.15, 0.2) is 36.5 Å². The molecule has 2 heterocycles. The van der Waals surface area contributed by atoms with Crippen molar-refractivity contribution in [3.05, 3.63) is 48.2 Å². The van der Waals surface area contributed by atoms with Gasteiger partial charge in [-0.25, -0.2) is 9.97 Å². The van der Waals surface area contributed by atoms with Crippen molar-refractivity contribution in [1.82, 2.24) is 19.7 Å². The topological polar surface area (TPSA) is 159 Å². The minimum absolute atomic E-state index is 0.00718. The second-order valence-corrected chi connectivity index (χ2v) is 8.40. The Bertz CT molecular complexity index is 1120. The van der Waals surface area contributed by atoms with Gasteiger partial charge in [-0.3, -0.25) is 9.59 Å². The third-order valence-electron chi connectivity index (χ3n) is 5.61. The first-order chi connectivity index (χ1) is 16.3. The summed E-state index contributed by atoms with van der Waals surface area (Å²) in [5.74, 6) is 0.716. The van der Waals surface area contributed by atoms with E-state index in [-0.39, 0.29) is 24.5 Å². The van der Waals surface area contributed by atoms with Crippen LogP contribution in [0.25, 0.3) is 16.6 Å². The van der Waals surface area contributed by atoms with E-state index in [1.165, 1.54) is 0 Å². The fourth-order valence-corrected chi connectivity index (χ4v) is 4.14. The van der Waals surface area contributed by atoms with Crippen LogP contribution in [0.2, 0.25) is 0 Å². The molecule has 1 saturated carbocycles. The quantitative estimate of drug-likeness (QED) is 0.476. The number of nitrogens with zero attached hydrogens (tertiary/aromatic N) is 4. The van der Waals surface area contributed by atoms with Crippen LogP contribution < -0.4 is 11.5 Å². The zero-order valence-corrected chi connectivity index (χ0v) is 19.6. The molecule has 182 valence electrons. The molecule has 10 nitrogen and oxygen atoms in total. The highest BCUT2D eigenvalue weighted by Gasteiger charge is 2.33. The molecule has 1 fully saturated rings. The van der Waals surface area contributed by atoms with Gasteiger partial charge in [0, 0.05) is 37.1 Å². The molecule has 0 spiro atoms. The molecule has 34 heavy (non-hydrogen) atoms. The molecule has 1 aliphatic carbocycles. The number of benzene rings is 1. The van der Waals surface area contributed by atoms with Crippen LogP contribution in [0.4, 0.5) is 0 Å². The predicted molar refractivity (Wildman–Crippen MR) is 127 cm³/mol. The van der Waals surface area contributed by atoms with Crippen molar-refractivity contribution in [2.45, 2.75) is 64.0 Å². The van der Waals surface area contributed by atoms with Gasteiger partial charge in [0.05, 0.1) is 12.5 Å². The molecular formula is C24H32N6O4. The first-order valence-corrected chi connectivity index (χ1v) is 11.4. The number of pyridine rings is 1. The number of carboxylic acid groups (broad SMARTS) is 1. The Morgan fingerprint density at radius 3 is 2.68 bits per heavy atom. The van der Waals surface area contributed by atoms with E-state index in [0.29, 0.717) is 18.2 Å². The van der Waals surface area contributed by atoms with Crippen molar-refractivity contribution >= 4 is 22.6 Å². The largest absolute Gasteiger partial charge is 0.481 e. The summed E-state index contributed by atoms with van der Waals surface area (Å²) >= 11 is 0. The van der Waals surface area contributed by atoms with Crippen molar-refractivity contribution in [3.8, 4) is 5.82 Å². The predicted octanol–water partition coefficient (Wildman–Crippen LogP) is 2.32. The van der Waals surface area contributed by atoms with E-state index in [0.717, 1.165) is 49.2 Å². The van der Waals surface area contributed by atoms with Gasteiger partial charge < -0.3 is 21.3 Å². The summed E-state index contributed by atoms with van der Waals surface area (Å²) in [5, 5.41) is 14.1. The highest BCUT2D eigenvalue weighted by molar-refractivity contribution is 5.88. The molecule has 2 aromatic heterocycles. The summed E-state index contributed by atoms with van der Waals surface area (Å²) < 4.78 is 7.79. The first kappa shape index (κ1) is 25.3.